The van der Waals surface area contributed by atoms with E-state index in [0.717, 1.165) is 11.1 Å². The van der Waals surface area contributed by atoms with Crippen LogP contribution in [0.25, 0.3) is 11.1 Å². The van der Waals surface area contributed by atoms with Crippen molar-refractivity contribution in [1.82, 2.24) is 0 Å². The summed E-state index contributed by atoms with van der Waals surface area (Å²) >= 11 is 0. The van der Waals surface area contributed by atoms with Crippen LogP contribution >= 0.6 is 0 Å². The Kier molecular flexibility index (Phi) is 2.34. The average molecular weight is 200 g/mol. The summed E-state index contributed by atoms with van der Waals surface area (Å²) in [5.74, 6) is -0.122. The molecule has 0 aliphatic carbocycles. The summed E-state index contributed by atoms with van der Waals surface area (Å²) in [6.45, 7) is 1.79. The van der Waals surface area contributed by atoms with Crippen molar-refractivity contribution in [2.45, 2.75) is 6.92 Å². The van der Waals surface area contributed by atoms with E-state index in [1.807, 2.05) is 30.3 Å². The fourth-order valence-electron chi connectivity index (χ4n) is 1.62. The Bertz CT molecular complexity index is 475. The summed E-state index contributed by atoms with van der Waals surface area (Å²) in [5.41, 5.74) is 2.66. The fraction of sp³-hybridized carbons (Fsp3) is 0.0769. The average Bonchev–Trinajstić information content (AvgIpc) is 2.27. The van der Waals surface area contributed by atoms with Crippen LogP contribution in [0.5, 0.6) is 11.5 Å². The molecule has 0 saturated heterocycles. The summed E-state index contributed by atoms with van der Waals surface area (Å²) in [7, 11) is 0. The predicted octanol–water partition coefficient (Wildman–Crippen LogP) is 3.07. The second kappa shape index (κ2) is 3.65. The lowest BCUT2D eigenvalue weighted by Gasteiger charge is -2.08. The molecule has 0 saturated carbocycles. The van der Waals surface area contributed by atoms with E-state index in [0.29, 0.717) is 5.56 Å². The fourth-order valence-corrected chi connectivity index (χ4v) is 1.62. The van der Waals surface area contributed by atoms with Crippen LogP contribution in [0.15, 0.2) is 42.5 Å². The standard InChI is InChI=1S/C13H12O2/c1-9-11(7-8-12(14)13(9)15)10-5-3-2-4-6-10/h2-8,14-15H,1H3. The Morgan fingerprint density at radius 2 is 1.53 bits per heavy atom. The number of rotatable bonds is 1. The Hall–Kier alpha value is -1.96. The van der Waals surface area contributed by atoms with Gasteiger partial charge in [0.1, 0.15) is 0 Å². The third-order valence-electron chi connectivity index (χ3n) is 2.49. The topological polar surface area (TPSA) is 40.5 Å². The lowest BCUT2D eigenvalue weighted by molar-refractivity contribution is 0.401. The molecule has 2 rings (SSSR count). The first-order chi connectivity index (χ1) is 7.20. The number of phenolic OH excluding ortho intramolecular Hbond substituents is 2. The number of hydrogen-bond donors (Lipinski definition) is 2. The van der Waals surface area contributed by atoms with Crippen molar-refractivity contribution in [2.75, 3.05) is 0 Å². The van der Waals surface area contributed by atoms with Crippen molar-refractivity contribution >= 4 is 0 Å². The van der Waals surface area contributed by atoms with Crippen LogP contribution in [0.2, 0.25) is 0 Å². The molecular weight excluding hydrogens is 188 g/mol. The van der Waals surface area contributed by atoms with Gasteiger partial charge in [-0.3, -0.25) is 0 Å². The van der Waals surface area contributed by atoms with E-state index in [4.69, 9.17) is 0 Å². The maximum atomic E-state index is 9.60. The van der Waals surface area contributed by atoms with Gasteiger partial charge in [-0.2, -0.15) is 0 Å². The second-order valence-corrected chi connectivity index (χ2v) is 3.47. The molecule has 0 bridgehead atoms. The number of benzene rings is 2. The number of aromatic hydroxyl groups is 2. The highest BCUT2D eigenvalue weighted by molar-refractivity contribution is 5.71. The smallest absolute Gasteiger partial charge is 0.161 e. The maximum Gasteiger partial charge on any atom is 0.161 e. The van der Waals surface area contributed by atoms with Gasteiger partial charge in [0.2, 0.25) is 0 Å². The largest absolute Gasteiger partial charge is 0.504 e. The number of hydrogen-bond acceptors (Lipinski definition) is 2. The maximum absolute atomic E-state index is 9.60. The zero-order valence-electron chi connectivity index (χ0n) is 8.44. The highest BCUT2D eigenvalue weighted by atomic mass is 16.3. The number of phenols is 2. The molecule has 2 N–H and O–H groups in total. The van der Waals surface area contributed by atoms with Gasteiger partial charge >= 0.3 is 0 Å². The van der Waals surface area contributed by atoms with Crippen LogP contribution in [-0.2, 0) is 0 Å². The molecule has 76 valence electrons. The zero-order chi connectivity index (χ0) is 10.8. The second-order valence-electron chi connectivity index (χ2n) is 3.47. The first-order valence-corrected chi connectivity index (χ1v) is 4.77. The quantitative estimate of drug-likeness (QED) is 0.694. The normalized spacial score (nSPS) is 10.2. The molecule has 2 nitrogen and oxygen atoms in total. The van der Waals surface area contributed by atoms with Gasteiger partial charge in [0, 0.05) is 5.56 Å². The molecule has 2 aromatic rings. The monoisotopic (exact) mass is 200 g/mol. The lowest BCUT2D eigenvalue weighted by Crippen LogP contribution is -1.84. The highest BCUT2D eigenvalue weighted by Crippen LogP contribution is 2.35. The molecule has 0 spiro atoms. The molecule has 0 radical (unpaired) electrons. The first kappa shape index (κ1) is 9.59. The molecule has 0 aliphatic heterocycles. The van der Waals surface area contributed by atoms with Crippen molar-refractivity contribution in [3.8, 4) is 22.6 Å². The van der Waals surface area contributed by atoms with Gasteiger partial charge in [-0.05, 0) is 24.1 Å². The van der Waals surface area contributed by atoms with Crippen molar-refractivity contribution in [3.63, 3.8) is 0 Å². The van der Waals surface area contributed by atoms with Crippen LogP contribution < -0.4 is 0 Å². The van der Waals surface area contributed by atoms with Crippen molar-refractivity contribution < 1.29 is 10.2 Å². The zero-order valence-corrected chi connectivity index (χ0v) is 8.44. The van der Waals surface area contributed by atoms with Gasteiger partial charge in [-0.15, -0.1) is 0 Å². The summed E-state index contributed by atoms with van der Waals surface area (Å²) in [4.78, 5) is 0. The molecule has 0 aromatic heterocycles. The summed E-state index contributed by atoms with van der Waals surface area (Å²) in [6, 6.07) is 13.1. The van der Waals surface area contributed by atoms with Crippen LogP contribution in [0, 0.1) is 6.92 Å². The Morgan fingerprint density at radius 1 is 0.867 bits per heavy atom. The minimum Gasteiger partial charge on any atom is -0.504 e. The minimum atomic E-state index is -0.0767. The Labute approximate surface area is 88.4 Å². The van der Waals surface area contributed by atoms with Crippen LogP contribution in [-0.4, -0.2) is 10.2 Å². The third-order valence-corrected chi connectivity index (χ3v) is 2.49. The van der Waals surface area contributed by atoms with Gasteiger partial charge in [0.15, 0.2) is 11.5 Å². The minimum absolute atomic E-state index is 0.0450. The molecule has 2 heteroatoms. The van der Waals surface area contributed by atoms with Crippen molar-refractivity contribution in [3.05, 3.63) is 48.0 Å². The molecule has 0 heterocycles. The van der Waals surface area contributed by atoms with E-state index in [-0.39, 0.29) is 11.5 Å². The Morgan fingerprint density at radius 3 is 2.20 bits per heavy atom. The van der Waals surface area contributed by atoms with Gasteiger partial charge in [0.25, 0.3) is 0 Å². The van der Waals surface area contributed by atoms with Gasteiger partial charge in [0.05, 0.1) is 0 Å². The van der Waals surface area contributed by atoms with E-state index in [1.54, 1.807) is 13.0 Å². The van der Waals surface area contributed by atoms with Crippen molar-refractivity contribution in [2.24, 2.45) is 0 Å². The predicted molar refractivity (Wildman–Crippen MR) is 59.9 cm³/mol. The van der Waals surface area contributed by atoms with Gasteiger partial charge in [-0.1, -0.05) is 36.4 Å². The molecule has 0 amide bonds. The molecule has 15 heavy (non-hydrogen) atoms. The van der Waals surface area contributed by atoms with Crippen LogP contribution in [0.3, 0.4) is 0 Å². The first-order valence-electron chi connectivity index (χ1n) is 4.77. The van der Waals surface area contributed by atoms with Crippen molar-refractivity contribution in [1.29, 1.82) is 0 Å². The van der Waals surface area contributed by atoms with Crippen LogP contribution in [0.4, 0.5) is 0 Å². The SMILES string of the molecule is Cc1c(-c2ccccc2)ccc(O)c1O. The van der Waals surface area contributed by atoms with Crippen LogP contribution in [0.1, 0.15) is 5.56 Å². The Balaban J connectivity index is 2.60. The molecule has 0 fully saturated rings. The van der Waals surface area contributed by atoms with E-state index >= 15 is 0 Å². The summed E-state index contributed by atoms with van der Waals surface area (Å²) in [5, 5.41) is 18.9. The highest BCUT2D eigenvalue weighted by Gasteiger charge is 2.08. The molecule has 0 atom stereocenters. The molecule has 0 unspecified atom stereocenters. The van der Waals surface area contributed by atoms with E-state index in [9.17, 15) is 10.2 Å². The third kappa shape index (κ3) is 1.66. The molecule has 2 aromatic carbocycles. The molecule has 0 aliphatic rings. The van der Waals surface area contributed by atoms with Gasteiger partial charge in [-0.25, -0.2) is 0 Å². The summed E-state index contributed by atoms with van der Waals surface area (Å²) in [6.07, 6.45) is 0. The van der Waals surface area contributed by atoms with Gasteiger partial charge < -0.3 is 10.2 Å². The van der Waals surface area contributed by atoms with E-state index in [2.05, 4.69) is 0 Å². The molecular formula is C13H12O2. The van der Waals surface area contributed by atoms with E-state index < -0.39 is 0 Å². The van der Waals surface area contributed by atoms with E-state index in [1.165, 1.54) is 6.07 Å². The lowest BCUT2D eigenvalue weighted by atomic mass is 10.00. The summed E-state index contributed by atoms with van der Waals surface area (Å²) < 4.78 is 0.